The summed E-state index contributed by atoms with van der Waals surface area (Å²) in [5.41, 5.74) is 7.02. The molecule has 120 valence electrons. The molecule has 2 N–H and O–H groups in total. The van der Waals surface area contributed by atoms with Gasteiger partial charge in [-0.25, -0.2) is 0 Å². The molecular formula is C15H24F3N3. The number of halogens is 3. The molecule has 1 heterocycles. The summed E-state index contributed by atoms with van der Waals surface area (Å²) in [6.07, 6.45) is 0.171. The van der Waals surface area contributed by atoms with Crippen LogP contribution in [0.3, 0.4) is 0 Å². The molecule has 0 spiro atoms. The van der Waals surface area contributed by atoms with E-state index in [2.05, 4.69) is 5.10 Å². The average Bonchev–Trinajstić information content (AvgIpc) is 2.86. The second-order valence-corrected chi connectivity index (χ2v) is 6.41. The van der Waals surface area contributed by atoms with Gasteiger partial charge in [0, 0.05) is 24.7 Å². The molecule has 1 aromatic rings. The first kappa shape index (κ1) is 16.3. The predicted molar refractivity (Wildman–Crippen MR) is 75.8 cm³/mol. The van der Waals surface area contributed by atoms with E-state index in [0.29, 0.717) is 12.8 Å². The maximum Gasteiger partial charge on any atom is 0.391 e. The normalized spacial score (nSPS) is 25.3. The molecule has 21 heavy (non-hydrogen) atoms. The second-order valence-electron chi connectivity index (χ2n) is 6.41. The van der Waals surface area contributed by atoms with Crippen LogP contribution in [0.15, 0.2) is 12.3 Å². The van der Waals surface area contributed by atoms with Gasteiger partial charge in [-0.05, 0) is 45.1 Å². The van der Waals surface area contributed by atoms with Crippen molar-refractivity contribution < 1.29 is 13.2 Å². The van der Waals surface area contributed by atoms with Crippen molar-refractivity contribution in [2.45, 2.75) is 64.2 Å². The number of nitrogens with zero attached hydrogens (tertiary/aromatic N) is 2. The van der Waals surface area contributed by atoms with E-state index >= 15 is 0 Å². The molecule has 3 atom stereocenters. The van der Waals surface area contributed by atoms with E-state index in [4.69, 9.17) is 5.73 Å². The van der Waals surface area contributed by atoms with E-state index in [1.54, 1.807) is 0 Å². The van der Waals surface area contributed by atoms with Gasteiger partial charge in [0.2, 0.25) is 0 Å². The van der Waals surface area contributed by atoms with Crippen LogP contribution in [0.5, 0.6) is 0 Å². The molecule has 1 aliphatic carbocycles. The molecule has 0 saturated heterocycles. The Kier molecular flexibility index (Phi) is 4.96. The summed E-state index contributed by atoms with van der Waals surface area (Å²) in [4.78, 5) is 0. The number of hydrogen-bond donors (Lipinski definition) is 1. The van der Waals surface area contributed by atoms with Crippen molar-refractivity contribution in [2.24, 2.45) is 17.6 Å². The molecule has 1 fully saturated rings. The summed E-state index contributed by atoms with van der Waals surface area (Å²) in [5, 5.41) is 4.43. The highest BCUT2D eigenvalue weighted by Crippen LogP contribution is 2.40. The lowest BCUT2D eigenvalue weighted by atomic mass is 9.76. The third kappa shape index (κ3) is 4.22. The fraction of sp³-hybridized carbons (Fsp3) is 0.800. The lowest BCUT2D eigenvalue weighted by molar-refractivity contribution is -0.186. The van der Waals surface area contributed by atoms with Gasteiger partial charge < -0.3 is 5.73 Å². The van der Waals surface area contributed by atoms with E-state index in [9.17, 15) is 13.2 Å². The molecule has 0 aromatic carbocycles. The smallest absolute Gasteiger partial charge is 0.327 e. The molecular weight excluding hydrogens is 279 g/mol. The van der Waals surface area contributed by atoms with Gasteiger partial charge in [-0.1, -0.05) is 6.42 Å². The Hall–Kier alpha value is -1.04. The highest BCUT2D eigenvalue weighted by atomic mass is 19.4. The summed E-state index contributed by atoms with van der Waals surface area (Å²) >= 11 is 0. The van der Waals surface area contributed by atoms with E-state index in [1.807, 2.05) is 30.8 Å². The first-order valence-corrected chi connectivity index (χ1v) is 7.63. The van der Waals surface area contributed by atoms with E-state index < -0.39 is 12.1 Å². The van der Waals surface area contributed by atoms with Crippen molar-refractivity contribution in [3.05, 3.63) is 18.0 Å². The third-order valence-electron chi connectivity index (χ3n) is 4.42. The molecule has 2 rings (SSSR count). The third-order valence-corrected chi connectivity index (χ3v) is 4.42. The number of nitrogens with two attached hydrogens (primary N) is 1. The molecule has 6 heteroatoms. The van der Waals surface area contributed by atoms with Crippen molar-refractivity contribution in [2.75, 3.05) is 0 Å². The largest absolute Gasteiger partial charge is 0.391 e. The fourth-order valence-electron chi connectivity index (χ4n) is 3.10. The predicted octanol–water partition coefficient (Wildman–Crippen LogP) is 3.70. The summed E-state index contributed by atoms with van der Waals surface area (Å²) in [6.45, 7) is 4.07. The minimum absolute atomic E-state index is 0.0606. The number of alkyl halides is 3. The first-order valence-electron chi connectivity index (χ1n) is 7.63. The summed E-state index contributed by atoms with van der Waals surface area (Å²) in [7, 11) is 0. The Morgan fingerprint density at radius 2 is 2.10 bits per heavy atom. The van der Waals surface area contributed by atoms with Gasteiger partial charge in [-0.3, -0.25) is 4.68 Å². The zero-order valence-electron chi connectivity index (χ0n) is 12.6. The second kappa shape index (κ2) is 6.38. The number of aromatic nitrogens is 2. The molecule has 1 aliphatic rings. The maximum atomic E-state index is 12.8. The van der Waals surface area contributed by atoms with Crippen LogP contribution < -0.4 is 5.73 Å². The highest BCUT2D eigenvalue weighted by molar-refractivity contribution is 5.03. The van der Waals surface area contributed by atoms with Gasteiger partial charge in [-0.2, -0.15) is 18.3 Å². The summed E-state index contributed by atoms with van der Waals surface area (Å²) in [6, 6.07) is 1.94. The molecule has 3 unspecified atom stereocenters. The van der Waals surface area contributed by atoms with Gasteiger partial charge in [0.05, 0.1) is 11.6 Å². The maximum absolute atomic E-state index is 12.8. The van der Waals surface area contributed by atoms with Gasteiger partial charge in [0.1, 0.15) is 0 Å². The first-order chi connectivity index (χ1) is 9.77. The monoisotopic (exact) mass is 303 g/mol. The van der Waals surface area contributed by atoms with Crippen LogP contribution >= 0.6 is 0 Å². The Labute approximate surface area is 123 Å². The van der Waals surface area contributed by atoms with E-state index in [1.165, 1.54) is 0 Å². The lowest BCUT2D eigenvalue weighted by Crippen LogP contribution is -2.39. The summed E-state index contributed by atoms with van der Waals surface area (Å²) < 4.78 is 40.4. The average molecular weight is 303 g/mol. The molecule has 0 bridgehead atoms. The topological polar surface area (TPSA) is 43.8 Å². The fourth-order valence-corrected chi connectivity index (χ4v) is 3.10. The molecule has 0 aliphatic heterocycles. The highest BCUT2D eigenvalue weighted by Gasteiger charge is 2.43. The zero-order chi connectivity index (χ0) is 15.6. The zero-order valence-corrected chi connectivity index (χ0v) is 12.6. The summed E-state index contributed by atoms with van der Waals surface area (Å²) in [5.74, 6) is -1.25. The number of hydrogen-bond acceptors (Lipinski definition) is 2. The molecule has 0 amide bonds. The Balaban J connectivity index is 1.94. The van der Waals surface area contributed by atoms with Crippen molar-refractivity contribution >= 4 is 0 Å². The van der Waals surface area contributed by atoms with Crippen LogP contribution in [0.25, 0.3) is 0 Å². The standard InChI is InChI=1S/C15H24F3N3/c1-10(2)21-7-6-13(20-21)9-14(19)11-4-3-5-12(8-11)15(16,17)18/h6-7,10-12,14H,3-5,8-9,19H2,1-2H3. The Morgan fingerprint density at radius 3 is 2.67 bits per heavy atom. The van der Waals surface area contributed by atoms with Crippen LogP contribution in [0.4, 0.5) is 13.2 Å². The van der Waals surface area contributed by atoms with Gasteiger partial charge in [0.25, 0.3) is 0 Å². The van der Waals surface area contributed by atoms with E-state index in [-0.39, 0.29) is 30.8 Å². The molecule has 1 saturated carbocycles. The van der Waals surface area contributed by atoms with Gasteiger partial charge >= 0.3 is 6.18 Å². The van der Waals surface area contributed by atoms with Crippen LogP contribution in [0, 0.1) is 11.8 Å². The quantitative estimate of drug-likeness (QED) is 0.921. The van der Waals surface area contributed by atoms with Crippen LogP contribution in [0.2, 0.25) is 0 Å². The number of rotatable bonds is 4. The van der Waals surface area contributed by atoms with Crippen molar-refractivity contribution in [1.82, 2.24) is 9.78 Å². The van der Waals surface area contributed by atoms with Crippen LogP contribution in [-0.2, 0) is 6.42 Å². The Bertz CT molecular complexity index is 453. The molecule has 3 nitrogen and oxygen atoms in total. The molecule has 1 aromatic heterocycles. The van der Waals surface area contributed by atoms with Crippen molar-refractivity contribution in [1.29, 1.82) is 0 Å². The minimum Gasteiger partial charge on any atom is -0.327 e. The van der Waals surface area contributed by atoms with Gasteiger partial charge in [-0.15, -0.1) is 0 Å². The van der Waals surface area contributed by atoms with Crippen LogP contribution in [0.1, 0.15) is 51.3 Å². The van der Waals surface area contributed by atoms with Crippen LogP contribution in [-0.4, -0.2) is 22.0 Å². The van der Waals surface area contributed by atoms with Gasteiger partial charge in [0.15, 0.2) is 0 Å². The minimum atomic E-state index is -4.09. The molecule has 0 radical (unpaired) electrons. The van der Waals surface area contributed by atoms with Crippen molar-refractivity contribution in [3.8, 4) is 0 Å². The Morgan fingerprint density at radius 1 is 1.38 bits per heavy atom. The van der Waals surface area contributed by atoms with E-state index in [0.717, 1.165) is 12.1 Å². The lowest BCUT2D eigenvalue weighted by Gasteiger charge is -2.33. The van der Waals surface area contributed by atoms with Crippen molar-refractivity contribution in [3.63, 3.8) is 0 Å². The SMILES string of the molecule is CC(C)n1ccc(CC(N)C2CCCC(C(F)(F)F)C2)n1.